The average molecular weight is 490 g/mol. The molecule has 1 heterocycles. The van der Waals surface area contributed by atoms with Crippen molar-refractivity contribution in [1.29, 1.82) is 0 Å². The number of nitrogens with zero attached hydrogens (tertiary/aromatic N) is 2. The third kappa shape index (κ3) is 7.81. The second kappa shape index (κ2) is 13.1. The summed E-state index contributed by atoms with van der Waals surface area (Å²) < 4.78 is 10.9. The van der Waals surface area contributed by atoms with Gasteiger partial charge in [0.05, 0.1) is 13.2 Å². The van der Waals surface area contributed by atoms with Crippen LogP contribution in [0, 0.1) is 5.41 Å². The standard InChI is InChI=1S/C20H34N4O2.HI/c1-4-21-19(23-15-17-9-8-13-22-18(17)26-5-2)24-16-20(12-14-25-3)10-6-7-11-20;/h8-9,13H,4-7,10-12,14-16H2,1-3H3,(H2,21,23,24);1H. The topological polar surface area (TPSA) is 67.8 Å². The first-order valence-corrected chi connectivity index (χ1v) is 9.81. The van der Waals surface area contributed by atoms with Crippen LogP contribution in [0.4, 0.5) is 0 Å². The molecule has 6 nitrogen and oxygen atoms in total. The number of guanidine groups is 1. The quantitative estimate of drug-likeness (QED) is 0.297. The van der Waals surface area contributed by atoms with E-state index in [-0.39, 0.29) is 24.0 Å². The van der Waals surface area contributed by atoms with Gasteiger partial charge in [0, 0.05) is 38.6 Å². The zero-order valence-corrected chi connectivity index (χ0v) is 19.3. The Kier molecular flexibility index (Phi) is 11.7. The number of ether oxygens (including phenoxy) is 2. The first-order valence-electron chi connectivity index (χ1n) is 9.81. The minimum atomic E-state index is 0. The highest BCUT2D eigenvalue weighted by atomic mass is 127. The maximum absolute atomic E-state index is 5.60. The van der Waals surface area contributed by atoms with E-state index in [0.717, 1.165) is 37.6 Å². The molecule has 0 aromatic carbocycles. The second-order valence-corrected chi connectivity index (χ2v) is 6.90. The Morgan fingerprint density at radius 1 is 1.26 bits per heavy atom. The van der Waals surface area contributed by atoms with Gasteiger partial charge in [0.1, 0.15) is 0 Å². The lowest BCUT2D eigenvalue weighted by Gasteiger charge is -2.30. The number of pyridine rings is 1. The summed E-state index contributed by atoms with van der Waals surface area (Å²) in [6.45, 7) is 7.80. The van der Waals surface area contributed by atoms with Crippen molar-refractivity contribution in [2.24, 2.45) is 10.4 Å². The van der Waals surface area contributed by atoms with Crippen LogP contribution in [0.25, 0.3) is 0 Å². The van der Waals surface area contributed by atoms with Crippen LogP contribution in [-0.4, -0.2) is 44.4 Å². The van der Waals surface area contributed by atoms with Gasteiger partial charge >= 0.3 is 0 Å². The maximum atomic E-state index is 5.60. The molecule has 0 spiro atoms. The van der Waals surface area contributed by atoms with E-state index in [1.165, 1.54) is 25.7 Å². The summed E-state index contributed by atoms with van der Waals surface area (Å²) in [6, 6.07) is 3.94. The molecule has 1 aliphatic carbocycles. The van der Waals surface area contributed by atoms with Gasteiger partial charge < -0.3 is 20.1 Å². The van der Waals surface area contributed by atoms with Gasteiger partial charge in [-0.1, -0.05) is 18.9 Å². The van der Waals surface area contributed by atoms with Gasteiger partial charge in [-0.05, 0) is 44.6 Å². The summed E-state index contributed by atoms with van der Waals surface area (Å²) in [5.41, 5.74) is 1.33. The van der Waals surface area contributed by atoms with E-state index in [1.807, 2.05) is 19.1 Å². The van der Waals surface area contributed by atoms with Crippen LogP contribution >= 0.6 is 24.0 Å². The largest absolute Gasteiger partial charge is 0.478 e. The lowest BCUT2D eigenvalue weighted by molar-refractivity contribution is 0.138. The second-order valence-electron chi connectivity index (χ2n) is 6.90. The van der Waals surface area contributed by atoms with E-state index in [4.69, 9.17) is 14.5 Å². The number of halogens is 1. The van der Waals surface area contributed by atoms with E-state index >= 15 is 0 Å². The van der Waals surface area contributed by atoms with Gasteiger partial charge in [0.2, 0.25) is 5.88 Å². The Hall–Kier alpha value is -1.09. The van der Waals surface area contributed by atoms with E-state index < -0.39 is 0 Å². The molecular formula is C20H35IN4O2. The smallest absolute Gasteiger partial charge is 0.218 e. The van der Waals surface area contributed by atoms with Crippen LogP contribution in [0.5, 0.6) is 5.88 Å². The minimum absolute atomic E-state index is 0. The third-order valence-electron chi connectivity index (χ3n) is 5.01. The molecule has 7 heteroatoms. The predicted octanol–water partition coefficient (Wildman–Crippen LogP) is 3.75. The van der Waals surface area contributed by atoms with Crippen LogP contribution in [0.1, 0.15) is 51.5 Å². The Balaban J connectivity index is 0.00000364. The Bertz CT molecular complexity index is 563. The Morgan fingerprint density at radius 3 is 2.70 bits per heavy atom. The fraction of sp³-hybridized carbons (Fsp3) is 0.700. The van der Waals surface area contributed by atoms with Gasteiger partial charge in [-0.15, -0.1) is 24.0 Å². The molecule has 1 fully saturated rings. The molecule has 0 saturated heterocycles. The van der Waals surface area contributed by atoms with E-state index in [2.05, 4.69) is 22.5 Å². The number of aromatic nitrogens is 1. The van der Waals surface area contributed by atoms with Gasteiger partial charge in [0.15, 0.2) is 5.96 Å². The molecule has 0 radical (unpaired) electrons. The van der Waals surface area contributed by atoms with Crippen LogP contribution in [-0.2, 0) is 11.3 Å². The van der Waals surface area contributed by atoms with Crippen LogP contribution in [0.2, 0.25) is 0 Å². The number of hydrogen-bond donors (Lipinski definition) is 2. The fourth-order valence-corrected chi connectivity index (χ4v) is 3.55. The maximum Gasteiger partial charge on any atom is 0.218 e. The van der Waals surface area contributed by atoms with Crippen molar-refractivity contribution in [1.82, 2.24) is 15.6 Å². The first kappa shape index (κ1) is 23.9. The monoisotopic (exact) mass is 490 g/mol. The highest BCUT2D eigenvalue weighted by Crippen LogP contribution is 2.40. The Labute approximate surface area is 180 Å². The normalized spacial score (nSPS) is 15.9. The molecule has 0 bridgehead atoms. The van der Waals surface area contributed by atoms with Crippen molar-refractivity contribution >= 4 is 29.9 Å². The van der Waals surface area contributed by atoms with E-state index in [1.54, 1.807) is 13.3 Å². The van der Waals surface area contributed by atoms with Crippen molar-refractivity contribution in [3.05, 3.63) is 23.9 Å². The molecule has 0 aliphatic heterocycles. The minimum Gasteiger partial charge on any atom is -0.478 e. The fourth-order valence-electron chi connectivity index (χ4n) is 3.55. The van der Waals surface area contributed by atoms with Crippen molar-refractivity contribution in [2.45, 2.75) is 52.5 Å². The zero-order valence-electron chi connectivity index (χ0n) is 16.9. The third-order valence-corrected chi connectivity index (χ3v) is 5.01. The summed E-state index contributed by atoms with van der Waals surface area (Å²) in [4.78, 5) is 9.04. The molecule has 27 heavy (non-hydrogen) atoms. The van der Waals surface area contributed by atoms with Crippen LogP contribution in [0.3, 0.4) is 0 Å². The number of methoxy groups -OCH3 is 1. The van der Waals surface area contributed by atoms with Crippen molar-refractivity contribution in [3.63, 3.8) is 0 Å². The van der Waals surface area contributed by atoms with Gasteiger partial charge in [-0.2, -0.15) is 0 Å². The van der Waals surface area contributed by atoms with Crippen molar-refractivity contribution in [2.75, 3.05) is 33.4 Å². The molecule has 0 unspecified atom stereocenters. The van der Waals surface area contributed by atoms with E-state index in [9.17, 15) is 0 Å². The highest BCUT2D eigenvalue weighted by Gasteiger charge is 2.33. The summed E-state index contributed by atoms with van der Waals surface area (Å²) >= 11 is 0. The molecule has 154 valence electrons. The molecule has 1 saturated carbocycles. The number of aliphatic imine (C=N–C) groups is 1. The molecule has 2 rings (SSSR count). The average Bonchev–Trinajstić information content (AvgIpc) is 3.13. The van der Waals surface area contributed by atoms with Crippen LogP contribution < -0.4 is 15.4 Å². The molecule has 2 N–H and O–H groups in total. The first-order chi connectivity index (χ1) is 12.7. The molecule has 0 amide bonds. The van der Waals surface area contributed by atoms with Crippen LogP contribution in [0.15, 0.2) is 23.3 Å². The number of hydrogen-bond acceptors (Lipinski definition) is 4. The summed E-state index contributed by atoms with van der Waals surface area (Å²) in [6.07, 6.45) is 8.01. The lowest BCUT2D eigenvalue weighted by atomic mass is 9.83. The van der Waals surface area contributed by atoms with Crippen molar-refractivity contribution < 1.29 is 9.47 Å². The molecule has 1 aliphatic rings. The molecular weight excluding hydrogens is 455 g/mol. The molecule has 1 aromatic rings. The van der Waals surface area contributed by atoms with E-state index in [0.29, 0.717) is 24.4 Å². The van der Waals surface area contributed by atoms with Gasteiger partial charge in [-0.3, -0.25) is 0 Å². The molecule has 0 atom stereocenters. The highest BCUT2D eigenvalue weighted by molar-refractivity contribution is 14.0. The summed E-state index contributed by atoms with van der Waals surface area (Å²) in [5.74, 6) is 1.52. The zero-order chi connectivity index (χ0) is 18.7. The SMILES string of the molecule is CCNC(=NCc1cccnc1OCC)NCC1(CCOC)CCCC1.I. The van der Waals surface area contributed by atoms with Gasteiger partial charge in [-0.25, -0.2) is 9.98 Å². The molecule has 1 aromatic heterocycles. The number of rotatable bonds is 10. The van der Waals surface area contributed by atoms with Crippen molar-refractivity contribution in [3.8, 4) is 5.88 Å². The van der Waals surface area contributed by atoms with Gasteiger partial charge in [0.25, 0.3) is 0 Å². The Morgan fingerprint density at radius 2 is 2.04 bits per heavy atom. The summed E-state index contributed by atoms with van der Waals surface area (Å²) in [7, 11) is 1.78. The predicted molar refractivity (Wildman–Crippen MR) is 121 cm³/mol. The summed E-state index contributed by atoms with van der Waals surface area (Å²) in [5, 5.41) is 6.90. The number of nitrogens with one attached hydrogen (secondary N) is 2. The lowest BCUT2D eigenvalue weighted by Crippen LogP contribution is -2.43.